The molecule has 2 aromatic carbocycles. The van der Waals surface area contributed by atoms with Crippen molar-refractivity contribution in [3.05, 3.63) is 75.9 Å². The zero-order valence-corrected chi connectivity index (χ0v) is 15.8. The second kappa shape index (κ2) is 7.87. The molecule has 0 amide bonds. The molecular weight excluding hydrogens is 375 g/mol. The van der Waals surface area contributed by atoms with Gasteiger partial charge in [-0.05, 0) is 42.4 Å². The molecule has 0 radical (unpaired) electrons. The summed E-state index contributed by atoms with van der Waals surface area (Å²) in [5.74, 6) is 0.657. The Labute approximate surface area is 161 Å². The SMILES string of the molecule is Cc1ccccc1Cn1ccc(NC(=S)Nc2cccc(Cl)c2Cl)n1. The summed E-state index contributed by atoms with van der Waals surface area (Å²) < 4.78 is 1.86. The van der Waals surface area contributed by atoms with Crippen molar-refractivity contribution in [3.63, 3.8) is 0 Å². The molecule has 0 saturated heterocycles. The van der Waals surface area contributed by atoms with Crippen molar-refractivity contribution in [1.82, 2.24) is 9.78 Å². The van der Waals surface area contributed by atoms with Gasteiger partial charge in [0.2, 0.25) is 0 Å². The minimum Gasteiger partial charge on any atom is -0.331 e. The first-order chi connectivity index (χ1) is 12.0. The highest BCUT2D eigenvalue weighted by atomic mass is 35.5. The Hall–Kier alpha value is -2.08. The van der Waals surface area contributed by atoms with Gasteiger partial charge in [0, 0.05) is 12.3 Å². The maximum Gasteiger partial charge on any atom is 0.176 e. The van der Waals surface area contributed by atoms with Gasteiger partial charge < -0.3 is 10.6 Å². The summed E-state index contributed by atoms with van der Waals surface area (Å²) >= 11 is 17.5. The molecule has 0 saturated carbocycles. The van der Waals surface area contributed by atoms with E-state index in [1.165, 1.54) is 11.1 Å². The predicted molar refractivity (Wildman–Crippen MR) is 109 cm³/mol. The molecule has 0 aliphatic rings. The lowest BCUT2D eigenvalue weighted by Crippen LogP contribution is -2.19. The molecule has 0 spiro atoms. The van der Waals surface area contributed by atoms with Gasteiger partial charge in [-0.1, -0.05) is 53.5 Å². The molecular formula is C18H16Cl2N4S. The zero-order chi connectivity index (χ0) is 17.8. The molecule has 7 heteroatoms. The molecule has 2 N–H and O–H groups in total. The molecule has 0 atom stereocenters. The fraction of sp³-hybridized carbons (Fsp3) is 0.111. The number of benzene rings is 2. The number of aryl methyl sites for hydroxylation is 1. The lowest BCUT2D eigenvalue weighted by Gasteiger charge is -2.11. The average molecular weight is 391 g/mol. The van der Waals surface area contributed by atoms with Crippen molar-refractivity contribution in [3.8, 4) is 0 Å². The lowest BCUT2D eigenvalue weighted by molar-refractivity contribution is 0.687. The van der Waals surface area contributed by atoms with Crippen LogP contribution in [0.25, 0.3) is 0 Å². The minimum atomic E-state index is 0.394. The highest BCUT2D eigenvalue weighted by Gasteiger charge is 2.08. The Morgan fingerprint density at radius 1 is 1.08 bits per heavy atom. The highest BCUT2D eigenvalue weighted by Crippen LogP contribution is 2.29. The van der Waals surface area contributed by atoms with E-state index in [0.717, 1.165) is 0 Å². The molecule has 0 fully saturated rings. The van der Waals surface area contributed by atoms with E-state index in [-0.39, 0.29) is 0 Å². The van der Waals surface area contributed by atoms with Gasteiger partial charge in [-0.2, -0.15) is 5.10 Å². The number of hydrogen-bond donors (Lipinski definition) is 2. The normalized spacial score (nSPS) is 10.5. The van der Waals surface area contributed by atoms with Crippen LogP contribution in [-0.4, -0.2) is 14.9 Å². The number of nitrogens with one attached hydrogen (secondary N) is 2. The smallest absolute Gasteiger partial charge is 0.176 e. The Bertz CT molecular complexity index is 908. The van der Waals surface area contributed by atoms with Crippen LogP contribution in [0.5, 0.6) is 0 Å². The van der Waals surface area contributed by atoms with Crippen molar-refractivity contribution in [2.75, 3.05) is 10.6 Å². The number of aromatic nitrogens is 2. The van der Waals surface area contributed by atoms with Crippen LogP contribution in [0.1, 0.15) is 11.1 Å². The first-order valence-corrected chi connectivity index (χ1v) is 8.79. The van der Waals surface area contributed by atoms with Gasteiger partial charge in [0.05, 0.1) is 22.3 Å². The molecule has 128 valence electrons. The van der Waals surface area contributed by atoms with Crippen molar-refractivity contribution in [1.29, 1.82) is 0 Å². The van der Waals surface area contributed by atoms with E-state index in [1.807, 2.05) is 29.1 Å². The number of halogens is 2. The Kier molecular flexibility index (Phi) is 5.58. The topological polar surface area (TPSA) is 41.9 Å². The minimum absolute atomic E-state index is 0.394. The zero-order valence-electron chi connectivity index (χ0n) is 13.5. The average Bonchev–Trinajstić information content (AvgIpc) is 3.01. The number of anilines is 2. The molecule has 1 aromatic heterocycles. The van der Waals surface area contributed by atoms with E-state index in [9.17, 15) is 0 Å². The van der Waals surface area contributed by atoms with E-state index >= 15 is 0 Å². The summed E-state index contributed by atoms with van der Waals surface area (Å²) in [6.07, 6.45) is 1.91. The number of rotatable bonds is 4. The van der Waals surface area contributed by atoms with Crippen LogP contribution in [-0.2, 0) is 6.54 Å². The Balaban J connectivity index is 1.64. The van der Waals surface area contributed by atoms with Crippen LogP contribution in [0.15, 0.2) is 54.7 Å². The molecule has 1 heterocycles. The van der Waals surface area contributed by atoms with Gasteiger partial charge in [0.1, 0.15) is 0 Å². The largest absolute Gasteiger partial charge is 0.331 e. The molecule has 3 aromatic rings. The van der Waals surface area contributed by atoms with Gasteiger partial charge in [0.15, 0.2) is 10.9 Å². The van der Waals surface area contributed by atoms with E-state index in [0.29, 0.717) is 33.2 Å². The summed E-state index contributed by atoms with van der Waals surface area (Å²) in [6, 6.07) is 15.4. The lowest BCUT2D eigenvalue weighted by atomic mass is 10.1. The second-order valence-electron chi connectivity index (χ2n) is 5.51. The molecule has 4 nitrogen and oxygen atoms in total. The van der Waals surface area contributed by atoms with Crippen LogP contribution in [0, 0.1) is 6.92 Å². The van der Waals surface area contributed by atoms with E-state index in [4.69, 9.17) is 35.4 Å². The number of thiocarbonyl (C=S) groups is 1. The van der Waals surface area contributed by atoms with E-state index in [1.54, 1.807) is 18.2 Å². The third-order valence-electron chi connectivity index (χ3n) is 3.68. The van der Waals surface area contributed by atoms with E-state index < -0.39 is 0 Å². The van der Waals surface area contributed by atoms with Crippen molar-refractivity contribution in [2.24, 2.45) is 0 Å². The summed E-state index contributed by atoms with van der Waals surface area (Å²) in [5.41, 5.74) is 3.11. The van der Waals surface area contributed by atoms with Gasteiger partial charge in [-0.15, -0.1) is 0 Å². The standard InChI is InChI=1S/C18H16Cl2N4S/c1-12-5-2-3-6-13(12)11-24-10-9-16(23-24)22-18(25)21-15-8-4-7-14(19)17(15)20/h2-10H,11H2,1H3,(H2,21,22,23,25). The molecule has 0 aliphatic heterocycles. The third-order valence-corrected chi connectivity index (χ3v) is 4.70. The van der Waals surface area contributed by atoms with Crippen LogP contribution < -0.4 is 10.6 Å². The molecule has 25 heavy (non-hydrogen) atoms. The summed E-state index contributed by atoms with van der Waals surface area (Å²) in [6.45, 7) is 2.79. The summed E-state index contributed by atoms with van der Waals surface area (Å²) in [5, 5.41) is 11.8. The monoisotopic (exact) mass is 390 g/mol. The first kappa shape index (κ1) is 17.7. The van der Waals surface area contributed by atoms with Gasteiger partial charge in [-0.3, -0.25) is 4.68 Å². The maximum absolute atomic E-state index is 6.15. The van der Waals surface area contributed by atoms with E-state index in [2.05, 4.69) is 34.8 Å². The maximum atomic E-state index is 6.15. The fourth-order valence-corrected chi connectivity index (χ4v) is 2.91. The quantitative estimate of drug-likeness (QED) is 0.588. The predicted octanol–water partition coefficient (Wildman–Crippen LogP) is 5.36. The first-order valence-electron chi connectivity index (χ1n) is 7.63. The van der Waals surface area contributed by atoms with Crippen LogP contribution in [0.3, 0.4) is 0 Å². The van der Waals surface area contributed by atoms with Crippen LogP contribution in [0.2, 0.25) is 10.0 Å². The molecule has 0 aliphatic carbocycles. The number of nitrogens with zero attached hydrogens (tertiary/aromatic N) is 2. The third kappa shape index (κ3) is 4.51. The number of hydrogen-bond acceptors (Lipinski definition) is 2. The van der Waals surface area contributed by atoms with Gasteiger partial charge in [0.25, 0.3) is 0 Å². The Morgan fingerprint density at radius 3 is 2.68 bits per heavy atom. The molecule has 0 unspecified atom stereocenters. The van der Waals surface area contributed by atoms with Crippen LogP contribution in [0.4, 0.5) is 11.5 Å². The van der Waals surface area contributed by atoms with Gasteiger partial charge in [-0.25, -0.2) is 0 Å². The second-order valence-corrected chi connectivity index (χ2v) is 6.70. The highest BCUT2D eigenvalue weighted by molar-refractivity contribution is 7.80. The van der Waals surface area contributed by atoms with Crippen LogP contribution >= 0.6 is 35.4 Å². The fourth-order valence-electron chi connectivity index (χ4n) is 2.35. The molecule has 0 bridgehead atoms. The molecule has 3 rings (SSSR count). The van der Waals surface area contributed by atoms with Crippen molar-refractivity contribution < 1.29 is 0 Å². The Morgan fingerprint density at radius 2 is 1.88 bits per heavy atom. The van der Waals surface area contributed by atoms with Gasteiger partial charge >= 0.3 is 0 Å². The summed E-state index contributed by atoms with van der Waals surface area (Å²) in [7, 11) is 0. The summed E-state index contributed by atoms with van der Waals surface area (Å²) in [4.78, 5) is 0. The van der Waals surface area contributed by atoms with Crippen molar-refractivity contribution >= 4 is 52.0 Å². The van der Waals surface area contributed by atoms with Crippen molar-refractivity contribution in [2.45, 2.75) is 13.5 Å².